The summed E-state index contributed by atoms with van der Waals surface area (Å²) in [6, 6.07) is 11.1. The maximum absolute atomic E-state index is 4.07. The lowest BCUT2D eigenvalue weighted by atomic mass is 9.91. The molecular formula is C34H42N2. The predicted molar refractivity (Wildman–Crippen MR) is 160 cm³/mol. The molecule has 2 heteroatoms. The zero-order valence-electron chi connectivity index (χ0n) is 22.6. The topological polar surface area (TPSA) is 24.1 Å². The lowest BCUT2D eigenvalue weighted by molar-refractivity contribution is 0.762. The van der Waals surface area contributed by atoms with Crippen LogP contribution in [-0.2, 0) is 0 Å². The molecule has 2 aliphatic carbocycles. The maximum atomic E-state index is 4.07. The van der Waals surface area contributed by atoms with Gasteiger partial charge in [0.2, 0.25) is 0 Å². The molecule has 2 aromatic rings. The predicted octanol–water partition coefficient (Wildman–Crippen LogP) is 8.88. The van der Waals surface area contributed by atoms with Crippen molar-refractivity contribution in [2.24, 2.45) is 0 Å². The second-order valence-electron chi connectivity index (χ2n) is 10.1. The van der Waals surface area contributed by atoms with Gasteiger partial charge in [0.1, 0.15) is 0 Å². The molecule has 0 saturated heterocycles. The number of hydrogen-bond donors (Lipinski definition) is 2. The minimum absolute atomic E-state index is 0.630. The van der Waals surface area contributed by atoms with Crippen LogP contribution in [0.3, 0.4) is 0 Å². The number of allylic oxidation sites excluding steroid dienone is 6. The SMILES string of the molecule is C=C(C)/C=C/CNC(=C)C(=C)NCCC1=CCCC=C1C(=C)C.CC(C)c1ccc2c3c-2cccc13. The Morgan fingerprint density at radius 1 is 0.917 bits per heavy atom. The van der Waals surface area contributed by atoms with Gasteiger partial charge in [-0.2, -0.15) is 0 Å². The molecule has 0 aliphatic heterocycles. The van der Waals surface area contributed by atoms with E-state index in [1.807, 2.05) is 19.1 Å². The number of hydrogen-bond acceptors (Lipinski definition) is 2. The van der Waals surface area contributed by atoms with Crippen LogP contribution in [-0.4, -0.2) is 13.1 Å². The van der Waals surface area contributed by atoms with E-state index in [-0.39, 0.29) is 0 Å². The summed E-state index contributed by atoms with van der Waals surface area (Å²) in [5.41, 5.74) is 10.9. The van der Waals surface area contributed by atoms with Crippen molar-refractivity contribution in [3.63, 3.8) is 0 Å². The molecule has 36 heavy (non-hydrogen) atoms. The second-order valence-corrected chi connectivity index (χ2v) is 10.1. The van der Waals surface area contributed by atoms with Crippen LogP contribution < -0.4 is 10.6 Å². The molecule has 2 aliphatic rings. The molecule has 0 fully saturated rings. The number of rotatable bonds is 11. The van der Waals surface area contributed by atoms with Crippen LogP contribution in [0.25, 0.3) is 21.9 Å². The minimum Gasteiger partial charge on any atom is -0.384 e. The molecular weight excluding hydrogens is 436 g/mol. The summed E-state index contributed by atoms with van der Waals surface area (Å²) in [4.78, 5) is 0. The van der Waals surface area contributed by atoms with Gasteiger partial charge in [-0.05, 0) is 77.6 Å². The van der Waals surface area contributed by atoms with E-state index in [9.17, 15) is 0 Å². The van der Waals surface area contributed by atoms with Gasteiger partial charge in [0.05, 0.1) is 0 Å². The van der Waals surface area contributed by atoms with Crippen LogP contribution in [0, 0.1) is 0 Å². The summed E-state index contributed by atoms with van der Waals surface area (Å²) in [6.45, 7) is 26.1. The smallest absolute Gasteiger partial charge is 0.0499 e. The fraction of sp³-hybridized carbons (Fsp3) is 0.294. The highest BCUT2D eigenvalue weighted by atomic mass is 15.0. The third kappa shape index (κ3) is 7.01. The van der Waals surface area contributed by atoms with E-state index < -0.39 is 0 Å². The van der Waals surface area contributed by atoms with Gasteiger partial charge in [-0.15, -0.1) is 0 Å². The van der Waals surface area contributed by atoms with Crippen molar-refractivity contribution in [1.29, 1.82) is 0 Å². The molecule has 0 spiro atoms. The Balaban J connectivity index is 0.000000230. The molecule has 0 atom stereocenters. The maximum Gasteiger partial charge on any atom is 0.0499 e. The Morgan fingerprint density at radius 3 is 2.31 bits per heavy atom. The Bertz CT molecular complexity index is 1260. The molecule has 0 unspecified atom stereocenters. The van der Waals surface area contributed by atoms with Gasteiger partial charge in [-0.25, -0.2) is 0 Å². The first-order chi connectivity index (χ1) is 17.2. The molecule has 0 radical (unpaired) electrons. The van der Waals surface area contributed by atoms with Crippen molar-refractivity contribution in [2.45, 2.75) is 52.9 Å². The highest BCUT2D eigenvalue weighted by molar-refractivity contribution is 6.21. The lowest BCUT2D eigenvalue weighted by Gasteiger charge is -2.18. The summed E-state index contributed by atoms with van der Waals surface area (Å²) < 4.78 is 0. The fourth-order valence-electron chi connectivity index (χ4n) is 4.60. The van der Waals surface area contributed by atoms with Crippen LogP contribution in [0.4, 0.5) is 0 Å². The molecule has 4 rings (SSSR count). The first-order valence-corrected chi connectivity index (χ1v) is 13.0. The van der Waals surface area contributed by atoms with E-state index in [0.29, 0.717) is 5.92 Å². The zero-order valence-corrected chi connectivity index (χ0v) is 22.6. The third-order valence-electron chi connectivity index (χ3n) is 6.57. The summed E-state index contributed by atoms with van der Waals surface area (Å²) in [7, 11) is 0. The highest BCUT2D eigenvalue weighted by Crippen LogP contribution is 2.48. The fourth-order valence-corrected chi connectivity index (χ4v) is 4.60. The van der Waals surface area contributed by atoms with Crippen molar-refractivity contribution in [1.82, 2.24) is 10.6 Å². The van der Waals surface area contributed by atoms with E-state index in [4.69, 9.17) is 0 Å². The quantitative estimate of drug-likeness (QED) is 0.269. The molecule has 0 heterocycles. The Kier molecular flexibility index (Phi) is 9.36. The Labute approximate surface area is 218 Å². The van der Waals surface area contributed by atoms with Gasteiger partial charge >= 0.3 is 0 Å². The van der Waals surface area contributed by atoms with Crippen LogP contribution >= 0.6 is 0 Å². The van der Waals surface area contributed by atoms with E-state index in [1.54, 1.807) is 0 Å². The first-order valence-electron chi connectivity index (χ1n) is 13.0. The van der Waals surface area contributed by atoms with E-state index in [0.717, 1.165) is 54.9 Å². The van der Waals surface area contributed by atoms with Gasteiger partial charge in [0.15, 0.2) is 0 Å². The summed E-state index contributed by atoms with van der Waals surface area (Å²) in [6.07, 6.45) is 11.8. The second kappa shape index (κ2) is 12.4. The van der Waals surface area contributed by atoms with Crippen LogP contribution in [0.5, 0.6) is 0 Å². The van der Waals surface area contributed by atoms with Crippen molar-refractivity contribution < 1.29 is 0 Å². The Morgan fingerprint density at radius 2 is 1.61 bits per heavy atom. The number of fused-ring (bicyclic) bond motifs is 1. The van der Waals surface area contributed by atoms with Crippen molar-refractivity contribution in [2.75, 3.05) is 13.1 Å². The molecule has 0 aromatic heterocycles. The number of nitrogens with one attached hydrogen (secondary N) is 2. The standard InChI is InChI=1S/C21H30N2.C13H12/c1-16(2)10-9-14-22-18(5)19(6)23-15-13-20-11-7-8-12-21(20)17(3)4;1-8(2)9-6-7-12-11-5-3-4-10(9)13(11)12/h9-12,22-23H,1,3,5-8,13-15H2,2,4H3;3-8H,1-2H3/b10-9+;. The van der Waals surface area contributed by atoms with Crippen LogP contribution in [0.2, 0.25) is 0 Å². The van der Waals surface area contributed by atoms with Crippen molar-refractivity contribution >= 4 is 10.8 Å². The first kappa shape index (κ1) is 27.1. The third-order valence-corrected chi connectivity index (χ3v) is 6.57. The molecule has 0 saturated carbocycles. The summed E-state index contributed by atoms with van der Waals surface area (Å²) in [5.74, 6) is 0.630. The molecule has 2 N–H and O–H groups in total. The normalized spacial score (nSPS) is 13.5. The summed E-state index contributed by atoms with van der Waals surface area (Å²) in [5, 5.41) is 9.54. The lowest BCUT2D eigenvalue weighted by Crippen LogP contribution is -2.23. The van der Waals surface area contributed by atoms with E-state index in [2.05, 4.69) is 100 Å². The largest absolute Gasteiger partial charge is 0.384 e. The monoisotopic (exact) mass is 478 g/mol. The zero-order chi connectivity index (χ0) is 26.2. The van der Waals surface area contributed by atoms with Crippen LogP contribution in [0.1, 0.15) is 58.4 Å². The highest BCUT2D eigenvalue weighted by Gasteiger charge is 2.22. The molecule has 2 aromatic carbocycles. The minimum atomic E-state index is 0.630. The van der Waals surface area contributed by atoms with Gasteiger partial charge in [-0.1, -0.05) is 106 Å². The van der Waals surface area contributed by atoms with E-state index >= 15 is 0 Å². The average molecular weight is 479 g/mol. The molecule has 2 nitrogen and oxygen atoms in total. The van der Waals surface area contributed by atoms with Gasteiger partial charge in [-0.3, -0.25) is 0 Å². The van der Waals surface area contributed by atoms with Gasteiger partial charge in [0.25, 0.3) is 0 Å². The number of benzene rings is 2. The van der Waals surface area contributed by atoms with Gasteiger partial charge in [0, 0.05) is 24.5 Å². The molecule has 188 valence electrons. The van der Waals surface area contributed by atoms with Gasteiger partial charge < -0.3 is 10.6 Å². The molecule has 0 bridgehead atoms. The van der Waals surface area contributed by atoms with E-state index in [1.165, 1.54) is 38.6 Å². The summed E-state index contributed by atoms with van der Waals surface area (Å²) >= 11 is 0. The van der Waals surface area contributed by atoms with Crippen molar-refractivity contribution in [3.8, 4) is 11.1 Å². The Hall–Kier alpha value is -3.52. The van der Waals surface area contributed by atoms with Crippen LogP contribution in [0.15, 0.2) is 115 Å². The molecule has 0 amide bonds. The average Bonchev–Trinajstić information content (AvgIpc) is 3.57. The van der Waals surface area contributed by atoms with Crippen molar-refractivity contribution in [3.05, 3.63) is 120 Å².